The number of pyridine rings is 3. The van der Waals surface area contributed by atoms with Crippen LogP contribution in [0.5, 0.6) is 0 Å². The molecule has 7 aromatic heterocycles. The number of nitrogens with one attached hydrogen (secondary N) is 5. The summed E-state index contributed by atoms with van der Waals surface area (Å²) in [5.74, 6) is -0.116. The summed E-state index contributed by atoms with van der Waals surface area (Å²) < 4.78 is 0. The minimum atomic E-state index is -0.116. The first-order valence-electron chi connectivity index (χ1n) is 16.9. The summed E-state index contributed by atoms with van der Waals surface area (Å²) in [6.07, 6.45) is 11.0. The molecular formula is C43H32N8O. The Morgan fingerprint density at radius 3 is 1.13 bits per heavy atom. The quantitative estimate of drug-likeness (QED) is 0.185. The number of hydrogen-bond acceptors (Lipinski definition) is 4. The second-order valence-corrected chi connectivity index (χ2v) is 12.6. The molecule has 0 radical (unpaired) electrons. The second-order valence-electron chi connectivity index (χ2n) is 12.6. The summed E-state index contributed by atoms with van der Waals surface area (Å²) in [6.45, 7) is 1.51. The van der Waals surface area contributed by atoms with Crippen LogP contribution in [0.4, 0.5) is 5.69 Å². The third kappa shape index (κ3) is 5.66. The highest BCUT2D eigenvalue weighted by atomic mass is 16.1. The number of fused-ring (bicyclic) bond motifs is 8. The normalized spacial score (nSPS) is 16.8. The molecule has 52 heavy (non-hydrogen) atoms. The Morgan fingerprint density at radius 2 is 0.808 bits per heavy atom. The number of anilines is 1. The summed E-state index contributed by atoms with van der Waals surface area (Å²) in [4.78, 5) is 40.3. The molecule has 9 heteroatoms. The van der Waals surface area contributed by atoms with Crippen molar-refractivity contribution in [3.63, 3.8) is 0 Å². The lowest BCUT2D eigenvalue weighted by molar-refractivity contribution is -0.114. The van der Waals surface area contributed by atoms with Crippen LogP contribution < -0.4 is 26.7 Å². The highest BCUT2D eigenvalue weighted by Crippen LogP contribution is 2.28. The van der Waals surface area contributed by atoms with Crippen molar-refractivity contribution in [2.24, 2.45) is 0 Å². The third-order valence-electron chi connectivity index (χ3n) is 9.24. The van der Waals surface area contributed by atoms with Crippen LogP contribution in [-0.2, 0) is 4.79 Å². The Hall–Kier alpha value is -7.26. The molecule has 0 saturated carbocycles. The third-order valence-corrected chi connectivity index (χ3v) is 9.24. The molecule has 0 unspecified atom stereocenters. The fourth-order valence-corrected chi connectivity index (χ4v) is 7.03. The lowest BCUT2D eigenvalue weighted by Crippen LogP contribution is -2.19. The molecular weight excluding hydrogens is 645 g/mol. The van der Waals surface area contributed by atoms with E-state index in [-0.39, 0.29) is 5.91 Å². The van der Waals surface area contributed by atoms with E-state index in [1.54, 1.807) is 18.6 Å². The molecule has 1 aliphatic heterocycles. The van der Waals surface area contributed by atoms with E-state index in [2.05, 4.69) is 107 Å². The van der Waals surface area contributed by atoms with Crippen molar-refractivity contribution in [2.45, 2.75) is 6.92 Å². The predicted octanol–water partition coefficient (Wildman–Crippen LogP) is 4.45. The van der Waals surface area contributed by atoms with E-state index < -0.39 is 0 Å². The zero-order chi connectivity index (χ0) is 35.0. The van der Waals surface area contributed by atoms with Crippen molar-refractivity contribution in [1.29, 1.82) is 0 Å². The Bertz CT molecular complexity index is 2820. The minimum absolute atomic E-state index is 0.116. The molecule has 1 aliphatic rings. The SMILES string of the molecule is CC(=O)Nc1ccc(/C2=c3\cc/c([nH]3)=C(\c3cccnc3)c3ccc([nH]3)/C(c3cccnc3)=c3/cc/c([nH]3)=C(\c3cccnc3)c3ccc2[nH]3)cc1. The summed E-state index contributed by atoms with van der Waals surface area (Å²) in [5, 5.41) is 6.60. The van der Waals surface area contributed by atoms with Crippen LogP contribution in [0.3, 0.4) is 0 Å². The van der Waals surface area contributed by atoms with Crippen LogP contribution in [0.25, 0.3) is 22.3 Å². The Balaban J connectivity index is 1.40. The number of carbonyl (C=O) groups excluding carboxylic acids is 1. The van der Waals surface area contributed by atoms with E-state index in [9.17, 15) is 4.79 Å². The van der Waals surface area contributed by atoms with Gasteiger partial charge in [0.25, 0.3) is 0 Å². The number of aromatic amines is 4. The van der Waals surface area contributed by atoms with E-state index in [4.69, 9.17) is 0 Å². The average Bonchev–Trinajstić information content (AvgIpc) is 4.01. The van der Waals surface area contributed by atoms with Gasteiger partial charge in [-0.25, -0.2) is 0 Å². The molecule has 8 aromatic rings. The van der Waals surface area contributed by atoms with Crippen LogP contribution >= 0.6 is 0 Å². The molecule has 5 N–H and O–H groups in total. The largest absolute Gasteiger partial charge is 0.354 e. The van der Waals surface area contributed by atoms with Gasteiger partial charge in [-0.05, 0) is 84.4 Å². The summed E-state index contributed by atoms with van der Waals surface area (Å²) in [6, 6.07) is 36.9. The van der Waals surface area contributed by atoms with Gasteiger partial charge in [0.15, 0.2) is 0 Å². The zero-order valence-corrected chi connectivity index (χ0v) is 28.1. The van der Waals surface area contributed by atoms with Crippen LogP contribution in [-0.4, -0.2) is 40.8 Å². The fraction of sp³-hybridized carbons (Fsp3) is 0.0233. The van der Waals surface area contributed by atoms with Gasteiger partial charge in [0.05, 0.1) is 0 Å². The fourth-order valence-electron chi connectivity index (χ4n) is 7.03. The van der Waals surface area contributed by atoms with E-state index in [1.807, 2.05) is 61.1 Å². The molecule has 0 atom stereocenters. The first-order chi connectivity index (χ1) is 25.6. The van der Waals surface area contributed by atoms with Crippen molar-refractivity contribution in [1.82, 2.24) is 34.9 Å². The molecule has 0 fully saturated rings. The van der Waals surface area contributed by atoms with Crippen LogP contribution in [0.15, 0.2) is 146 Å². The van der Waals surface area contributed by atoms with Gasteiger partial charge in [0, 0.05) is 133 Å². The van der Waals surface area contributed by atoms with E-state index in [0.29, 0.717) is 0 Å². The van der Waals surface area contributed by atoms with E-state index in [0.717, 1.165) is 94.4 Å². The number of nitrogens with zero attached hydrogens (tertiary/aromatic N) is 3. The van der Waals surface area contributed by atoms with E-state index in [1.165, 1.54) is 6.92 Å². The summed E-state index contributed by atoms with van der Waals surface area (Å²) in [5.41, 5.74) is 12.3. The van der Waals surface area contributed by atoms with Gasteiger partial charge < -0.3 is 25.3 Å². The number of H-pyrrole nitrogens is 4. The number of rotatable bonds is 5. The van der Waals surface area contributed by atoms with Gasteiger partial charge in [-0.3, -0.25) is 19.7 Å². The van der Waals surface area contributed by atoms with Gasteiger partial charge in [-0.1, -0.05) is 30.3 Å². The molecule has 8 bridgehead atoms. The maximum Gasteiger partial charge on any atom is 0.221 e. The molecule has 0 spiro atoms. The van der Waals surface area contributed by atoms with Gasteiger partial charge in [0.2, 0.25) is 5.91 Å². The Kier molecular flexibility index (Phi) is 7.63. The van der Waals surface area contributed by atoms with Gasteiger partial charge in [-0.15, -0.1) is 0 Å². The standard InChI is InChI=1S/C43H32N8O/c1-26(52)47-31-10-8-27(9-11-31)40-32-12-14-34(48-32)41(28-5-2-20-44-23-28)36-16-18-38(50-36)43(30-7-4-22-46-25-30)39-19-17-37(51-39)42(29-6-3-21-45-24-29)35-15-13-33(40)49-35/h2-25,48-51H,1H3,(H,47,52)/b40-32-,40-33?,41-34-,41-36?,42-35?,42-37-,43-38?,43-39-. The first kappa shape index (κ1) is 30.8. The molecule has 8 heterocycles. The smallest absolute Gasteiger partial charge is 0.221 e. The number of carbonyl (C=O) groups is 1. The Morgan fingerprint density at radius 1 is 0.442 bits per heavy atom. The highest BCUT2D eigenvalue weighted by Gasteiger charge is 2.18. The zero-order valence-electron chi connectivity index (χ0n) is 28.1. The highest BCUT2D eigenvalue weighted by molar-refractivity contribution is 5.89. The minimum Gasteiger partial charge on any atom is -0.354 e. The van der Waals surface area contributed by atoms with Crippen molar-refractivity contribution >= 4 is 33.9 Å². The first-order valence-corrected chi connectivity index (χ1v) is 16.9. The lowest BCUT2D eigenvalue weighted by atomic mass is 10.0. The lowest BCUT2D eigenvalue weighted by Gasteiger charge is -2.10. The van der Waals surface area contributed by atoms with Crippen LogP contribution in [0.1, 0.15) is 52.0 Å². The number of hydrogen-bond donors (Lipinski definition) is 5. The van der Waals surface area contributed by atoms with Crippen molar-refractivity contribution in [2.75, 3.05) is 5.32 Å². The maximum atomic E-state index is 11.8. The van der Waals surface area contributed by atoms with E-state index >= 15 is 0 Å². The van der Waals surface area contributed by atoms with Crippen molar-refractivity contribution in [3.8, 4) is 0 Å². The van der Waals surface area contributed by atoms with Gasteiger partial charge >= 0.3 is 0 Å². The van der Waals surface area contributed by atoms with Gasteiger partial charge in [0.1, 0.15) is 0 Å². The van der Waals surface area contributed by atoms with Crippen molar-refractivity contribution < 1.29 is 4.79 Å². The number of amides is 1. The van der Waals surface area contributed by atoms with Crippen molar-refractivity contribution in [3.05, 3.63) is 213 Å². The second kappa shape index (κ2) is 12.9. The Labute approximate surface area is 297 Å². The maximum absolute atomic E-state index is 11.8. The van der Waals surface area contributed by atoms with Gasteiger partial charge in [-0.2, -0.15) is 0 Å². The molecule has 1 aromatic carbocycles. The molecule has 1 amide bonds. The number of aromatic nitrogens is 7. The monoisotopic (exact) mass is 676 g/mol. The topological polar surface area (TPSA) is 131 Å². The summed E-state index contributed by atoms with van der Waals surface area (Å²) >= 11 is 0. The number of benzene rings is 1. The predicted molar refractivity (Wildman–Crippen MR) is 202 cm³/mol. The average molecular weight is 677 g/mol. The molecule has 9 nitrogen and oxygen atoms in total. The molecule has 250 valence electrons. The summed E-state index contributed by atoms with van der Waals surface area (Å²) in [7, 11) is 0. The molecule has 9 rings (SSSR count). The van der Waals surface area contributed by atoms with Crippen LogP contribution in [0, 0.1) is 0 Å². The molecule has 0 saturated heterocycles. The van der Waals surface area contributed by atoms with Crippen LogP contribution in [0.2, 0.25) is 0 Å². The molecule has 0 aliphatic carbocycles.